The summed E-state index contributed by atoms with van der Waals surface area (Å²) in [5.74, 6) is 0. The highest BCUT2D eigenvalue weighted by Crippen LogP contribution is 1.96. The standard InChI is InChI=1S/C4H14OSi4/c1-4(2)9-7-5-3-6-8-9/h9H,1,3,6-8H2,2H3. The van der Waals surface area contributed by atoms with Crippen molar-refractivity contribution >= 4 is 34.7 Å². The van der Waals surface area contributed by atoms with Crippen LogP contribution in [0.3, 0.4) is 0 Å². The second-order valence-corrected chi connectivity index (χ2v) is 27.0. The van der Waals surface area contributed by atoms with E-state index in [0.29, 0.717) is 17.6 Å². The fraction of sp³-hybridized carbons (Fsp3) is 0.500. The number of rotatable bonds is 1. The molecule has 9 heavy (non-hydrogen) atoms. The molecule has 5 heteroatoms. The van der Waals surface area contributed by atoms with Gasteiger partial charge in [-0.2, -0.15) is 0 Å². The van der Waals surface area contributed by atoms with E-state index in [-0.39, 0.29) is 17.1 Å². The van der Waals surface area contributed by atoms with E-state index in [4.69, 9.17) is 4.43 Å². The first kappa shape index (κ1) is 7.67. The van der Waals surface area contributed by atoms with Crippen molar-refractivity contribution < 1.29 is 4.43 Å². The van der Waals surface area contributed by atoms with Gasteiger partial charge in [-0.3, -0.25) is 0 Å². The van der Waals surface area contributed by atoms with Crippen molar-refractivity contribution in [3.8, 4) is 0 Å². The molecule has 0 aromatic carbocycles. The highest BCUT2D eigenvalue weighted by atomic mass is 29.7. The van der Waals surface area contributed by atoms with Gasteiger partial charge in [0.15, 0.2) is 0 Å². The molecule has 0 aliphatic carbocycles. The average Bonchev–Trinajstić information content (AvgIpc) is 1.90. The van der Waals surface area contributed by atoms with E-state index in [0.717, 1.165) is 0 Å². The van der Waals surface area contributed by atoms with Gasteiger partial charge in [-0.05, 0) is 6.92 Å². The smallest absolute Gasteiger partial charge is 0.148 e. The molecular formula is C4H14OSi4. The van der Waals surface area contributed by atoms with Crippen LogP contribution >= 0.6 is 0 Å². The first-order chi connectivity index (χ1) is 4.30. The summed E-state index contributed by atoms with van der Waals surface area (Å²) in [7, 11) is 0.595. The summed E-state index contributed by atoms with van der Waals surface area (Å²) >= 11 is 0. The molecule has 1 aliphatic rings. The zero-order valence-electron chi connectivity index (χ0n) is 6.02. The lowest BCUT2D eigenvalue weighted by Gasteiger charge is -2.18. The van der Waals surface area contributed by atoms with Gasteiger partial charge in [0.25, 0.3) is 0 Å². The topological polar surface area (TPSA) is 9.23 Å². The minimum absolute atomic E-state index is 0.0108. The lowest BCUT2D eigenvalue weighted by molar-refractivity contribution is 0.421. The maximum atomic E-state index is 5.58. The molecule has 0 spiro atoms. The van der Waals surface area contributed by atoms with E-state index in [1.807, 2.05) is 0 Å². The van der Waals surface area contributed by atoms with Gasteiger partial charge in [-0.1, -0.05) is 5.20 Å². The second-order valence-electron chi connectivity index (χ2n) is 2.76. The summed E-state index contributed by atoms with van der Waals surface area (Å²) in [5.41, 5.74) is 0. The zero-order valence-corrected chi connectivity index (χ0v) is 11.4. The van der Waals surface area contributed by atoms with Crippen LogP contribution < -0.4 is 0 Å². The van der Waals surface area contributed by atoms with Gasteiger partial charge in [0, 0.05) is 23.8 Å². The molecule has 1 nitrogen and oxygen atoms in total. The Morgan fingerprint density at radius 1 is 1.78 bits per heavy atom. The van der Waals surface area contributed by atoms with Crippen LogP contribution in [0.2, 0.25) is 0 Å². The first-order valence-corrected chi connectivity index (χ1v) is 16.2. The van der Waals surface area contributed by atoms with Gasteiger partial charge in [0.1, 0.15) is 9.28 Å². The summed E-state index contributed by atoms with van der Waals surface area (Å²) < 4.78 is 5.58. The van der Waals surface area contributed by atoms with Crippen molar-refractivity contribution in [3.63, 3.8) is 0 Å². The number of hydrogen-bond donors (Lipinski definition) is 0. The summed E-state index contributed by atoms with van der Waals surface area (Å²) in [6.45, 7) is 6.29. The summed E-state index contributed by atoms with van der Waals surface area (Å²) in [5, 5.41) is 1.57. The normalized spacial score (nSPS) is 35.9. The van der Waals surface area contributed by atoms with Gasteiger partial charge >= 0.3 is 0 Å². The van der Waals surface area contributed by atoms with E-state index in [2.05, 4.69) is 13.5 Å². The lowest BCUT2D eigenvalue weighted by atomic mass is 10.8. The van der Waals surface area contributed by atoms with E-state index in [9.17, 15) is 0 Å². The molecule has 1 fully saturated rings. The maximum Gasteiger partial charge on any atom is 0.148 e. The van der Waals surface area contributed by atoms with E-state index in [1.54, 1.807) is 5.20 Å². The number of allylic oxidation sites excluding steroid dienone is 1. The van der Waals surface area contributed by atoms with Gasteiger partial charge in [0.05, 0.1) is 7.83 Å². The zero-order chi connectivity index (χ0) is 6.69. The summed E-state index contributed by atoms with van der Waals surface area (Å²) in [6, 6.07) is 0. The van der Waals surface area contributed by atoms with Crippen molar-refractivity contribution in [2.75, 3.05) is 6.23 Å². The molecule has 0 amide bonds. The molecule has 0 aromatic heterocycles. The van der Waals surface area contributed by atoms with Gasteiger partial charge in [0.2, 0.25) is 0 Å². The maximum absolute atomic E-state index is 5.58. The quantitative estimate of drug-likeness (QED) is 0.421. The van der Waals surface area contributed by atoms with Crippen LogP contribution in [0, 0.1) is 0 Å². The SMILES string of the molecule is C=C(C)[SiH]1[SiH2]OC[SiH2][SiH2]1. The van der Waals surface area contributed by atoms with Gasteiger partial charge in [-0.15, -0.1) is 6.58 Å². The van der Waals surface area contributed by atoms with Crippen molar-refractivity contribution in [3.05, 3.63) is 11.8 Å². The Morgan fingerprint density at radius 3 is 2.89 bits per heavy atom. The van der Waals surface area contributed by atoms with Crippen LogP contribution in [-0.4, -0.2) is 40.9 Å². The Kier molecular flexibility index (Phi) is 3.13. The monoisotopic (exact) mass is 190 g/mol. The van der Waals surface area contributed by atoms with Gasteiger partial charge in [-0.25, -0.2) is 0 Å². The Morgan fingerprint density at radius 2 is 2.56 bits per heavy atom. The molecule has 1 saturated heterocycles. The second kappa shape index (κ2) is 3.67. The first-order valence-electron chi connectivity index (χ1n) is 3.54. The molecule has 1 heterocycles. The third kappa shape index (κ3) is 2.34. The largest absolute Gasteiger partial charge is 0.432 e. The van der Waals surface area contributed by atoms with Crippen LogP contribution in [0.15, 0.2) is 11.8 Å². The Hall–Kier alpha value is 0.568. The Bertz CT molecular complexity index is 109. The van der Waals surface area contributed by atoms with Crippen molar-refractivity contribution in [1.82, 2.24) is 0 Å². The minimum atomic E-state index is -0.277. The van der Waals surface area contributed by atoms with Crippen LogP contribution in [0.4, 0.5) is 0 Å². The van der Waals surface area contributed by atoms with Crippen LogP contribution in [0.5, 0.6) is 0 Å². The molecule has 1 aliphatic heterocycles. The Balaban J connectivity index is 2.31. The average molecular weight is 190 g/mol. The third-order valence-electron chi connectivity index (χ3n) is 1.86. The van der Waals surface area contributed by atoms with E-state index in [1.165, 1.54) is 6.23 Å². The highest BCUT2D eigenvalue weighted by molar-refractivity contribution is 7.54. The van der Waals surface area contributed by atoms with Crippen LogP contribution in [0.25, 0.3) is 0 Å². The minimum Gasteiger partial charge on any atom is -0.432 e. The molecular weight excluding hydrogens is 176 g/mol. The molecule has 52 valence electrons. The molecule has 0 bridgehead atoms. The lowest BCUT2D eigenvalue weighted by Crippen LogP contribution is -2.43. The molecule has 0 N–H and O–H groups in total. The number of hydrogen-bond acceptors (Lipinski definition) is 1. The molecule has 0 aromatic rings. The molecule has 0 radical (unpaired) electrons. The molecule has 1 rings (SSSR count). The fourth-order valence-corrected chi connectivity index (χ4v) is 39.2. The Labute approximate surface area is 64.4 Å². The molecule has 0 saturated carbocycles. The van der Waals surface area contributed by atoms with Gasteiger partial charge < -0.3 is 4.43 Å². The van der Waals surface area contributed by atoms with Crippen molar-refractivity contribution in [2.24, 2.45) is 0 Å². The third-order valence-corrected chi connectivity index (χ3v) is 39.8. The van der Waals surface area contributed by atoms with E-state index < -0.39 is 0 Å². The predicted molar refractivity (Wildman–Crippen MR) is 53.5 cm³/mol. The van der Waals surface area contributed by atoms with Crippen molar-refractivity contribution in [1.29, 1.82) is 0 Å². The molecule has 1 atom stereocenters. The van der Waals surface area contributed by atoms with Crippen LogP contribution in [-0.2, 0) is 4.43 Å². The fourth-order valence-electron chi connectivity index (χ4n) is 1.13. The summed E-state index contributed by atoms with van der Waals surface area (Å²) in [4.78, 5) is 0. The van der Waals surface area contributed by atoms with E-state index >= 15 is 0 Å². The summed E-state index contributed by atoms with van der Waals surface area (Å²) in [6.07, 6.45) is 1.25. The highest BCUT2D eigenvalue weighted by Gasteiger charge is 2.16. The van der Waals surface area contributed by atoms with Crippen LogP contribution in [0.1, 0.15) is 6.92 Å². The van der Waals surface area contributed by atoms with Crippen molar-refractivity contribution in [2.45, 2.75) is 6.92 Å². The predicted octanol–water partition coefficient (Wildman–Crippen LogP) is -2.35. The molecule has 1 unspecified atom stereocenters.